The van der Waals surface area contributed by atoms with E-state index in [2.05, 4.69) is 5.32 Å². The maximum atomic E-state index is 10.7. The summed E-state index contributed by atoms with van der Waals surface area (Å²) in [5.74, 6) is 0. The van der Waals surface area contributed by atoms with Crippen LogP contribution in [-0.4, -0.2) is 17.5 Å². The highest BCUT2D eigenvalue weighted by Crippen LogP contribution is 2.22. The van der Waals surface area contributed by atoms with Crippen LogP contribution in [0.3, 0.4) is 0 Å². The standard InChI is InChI=1S/C11H14N4O2/c1-8(13)4-5-14-10-3-2-9(7-12)11(6-10)15(16)17/h2-3,6,8,14H,4-5,13H2,1H3. The number of nitrogens with two attached hydrogens (primary N) is 1. The van der Waals surface area contributed by atoms with Crippen LogP contribution in [0.1, 0.15) is 18.9 Å². The molecule has 90 valence electrons. The summed E-state index contributed by atoms with van der Waals surface area (Å²) in [7, 11) is 0. The third-order valence-electron chi connectivity index (χ3n) is 2.24. The van der Waals surface area contributed by atoms with E-state index in [4.69, 9.17) is 11.0 Å². The molecule has 0 aliphatic heterocycles. The molecule has 6 heteroatoms. The van der Waals surface area contributed by atoms with Gasteiger partial charge in [-0.2, -0.15) is 5.26 Å². The maximum Gasteiger partial charge on any atom is 0.289 e. The number of nitro groups is 1. The Balaban J connectivity index is 2.79. The molecule has 0 heterocycles. The van der Waals surface area contributed by atoms with Crippen molar-refractivity contribution < 1.29 is 4.92 Å². The molecule has 0 radical (unpaired) electrons. The van der Waals surface area contributed by atoms with E-state index >= 15 is 0 Å². The summed E-state index contributed by atoms with van der Waals surface area (Å²) in [5.41, 5.74) is 6.09. The van der Waals surface area contributed by atoms with Gasteiger partial charge in [-0.3, -0.25) is 10.1 Å². The summed E-state index contributed by atoms with van der Waals surface area (Å²) in [5, 5.41) is 22.5. The second kappa shape index (κ2) is 5.82. The van der Waals surface area contributed by atoms with E-state index in [0.717, 1.165) is 6.42 Å². The lowest BCUT2D eigenvalue weighted by Gasteiger charge is -2.08. The van der Waals surface area contributed by atoms with E-state index in [-0.39, 0.29) is 17.3 Å². The van der Waals surface area contributed by atoms with Crippen LogP contribution < -0.4 is 11.1 Å². The monoisotopic (exact) mass is 234 g/mol. The van der Waals surface area contributed by atoms with Crippen molar-refractivity contribution in [3.05, 3.63) is 33.9 Å². The van der Waals surface area contributed by atoms with Crippen molar-refractivity contribution in [2.75, 3.05) is 11.9 Å². The number of nitrogens with one attached hydrogen (secondary N) is 1. The van der Waals surface area contributed by atoms with Crippen LogP contribution in [0, 0.1) is 21.4 Å². The molecular weight excluding hydrogens is 220 g/mol. The quantitative estimate of drug-likeness (QED) is 0.594. The predicted molar refractivity (Wildman–Crippen MR) is 64.6 cm³/mol. The Bertz CT molecular complexity index is 451. The molecule has 3 N–H and O–H groups in total. The summed E-state index contributed by atoms with van der Waals surface area (Å²) in [4.78, 5) is 10.2. The first-order chi connectivity index (χ1) is 8.04. The van der Waals surface area contributed by atoms with Crippen molar-refractivity contribution in [2.24, 2.45) is 5.73 Å². The lowest BCUT2D eigenvalue weighted by molar-refractivity contribution is -0.385. The van der Waals surface area contributed by atoms with Crippen LogP contribution in [0.4, 0.5) is 11.4 Å². The van der Waals surface area contributed by atoms with E-state index in [1.807, 2.05) is 6.92 Å². The molecular formula is C11H14N4O2. The number of anilines is 1. The van der Waals surface area contributed by atoms with E-state index in [0.29, 0.717) is 12.2 Å². The van der Waals surface area contributed by atoms with Crippen LogP contribution >= 0.6 is 0 Å². The molecule has 1 atom stereocenters. The molecule has 0 bridgehead atoms. The van der Waals surface area contributed by atoms with E-state index in [1.165, 1.54) is 12.1 Å². The van der Waals surface area contributed by atoms with Crippen LogP contribution in [0.2, 0.25) is 0 Å². The molecule has 0 aromatic heterocycles. The number of benzene rings is 1. The highest BCUT2D eigenvalue weighted by atomic mass is 16.6. The first-order valence-electron chi connectivity index (χ1n) is 5.22. The Labute approximate surface area is 99.2 Å². The van der Waals surface area contributed by atoms with Gasteiger partial charge >= 0.3 is 0 Å². The van der Waals surface area contributed by atoms with Gasteiger partial charge in [-0.15, -0.1) is 0 Å². The zero-order chi connectivity index (χ0) is 12.8. The normalized spacial score (nSPS) is 11.6. The Morgan fingerprint density at radius 2 is 2.35 bits per heavy atom. The van der Waals surface area contributed by atoms with Gasteiger partial charge in [0.25, 0.3) is 5.69 Å². The number of nitro benzene ring substituents is 1. The topological polar surface area (TPSA) is 105 Å². The summed E-state index contributed by atoms with van der Waals surface area (Å²) < 4.78 is 0. The molecule has 0 fully saturated rings. The molecule has 0 aliphatic rings. The van der Waals surface area contributed by atoms with Gasteiger partial charge in [0.1, 0.15) is 11.6 Å². The van der Waals surface area contributed by atoms with Crippen LogP contribution in [0.5, 0.6) is 0 Å². The Morgan fingerprint density at radius 1 is 1.65 bits per heavy atom. The molecule has 0 saturated carbocycles. The second-order valence-corrected chi connectivity index (χ2v) is 3.79. The average molecular weight is 234 g/mol. The Morgan fingerprint density at radius 3 is 2.88 bits per heavy atom. The SMILES string of the molecule is CC(N)CCNc1ccc(C#N)c([N+](=O)[O-])c1. The van der Waals surface area contributed by atoms with Crippen molar-refractivity contribution in [3.8, 4) is 6.07 Å². The van der Waals surface area contributed by atoms with Crippen molar-refractivity contribution in [3.63, 3.8) is 0 Å². The second-order valence-electron chi connectivity index (χ2n) is 3.79. The minimum absolute atomic E-state index is 0.0627. The summed E-state index contributed by atoms with van der Waals surface area (Å²) in [6.45, 7) is 2.53. The van der Waals surface area contributed by atoms with Crippen LogP contribution in [0.15, 0.2) is 18.2 Å². The first kappa shape index (κ1) is 12.9. The Kier molecular flexibility index (Phi) is 4.43. The minimum Gasteiger partial charge on any atom is -0.385 e. The first-order valence-corrected chi connectivity index (χ1v) is 5.22. The van der Waals surface area contributed by atoms with Gasteiger partial charge in [0.2, 0.25) is 0 Å². The van der Waals surface area contributed by atoms with Gasteiger partial charge in [-0.25, -0.2) is 0 Å². The van der Waals surface area contributed by atoms with Crippen molar-refractivity contribution in [1.82, 2.24) is 0 Å². The number of nitrogens with zero attached hydrogens (tertiary/aromatic N) is 2. The zero-order valence-electron chi connectivity index (χ0n) is 9.51. The number of hydrogen-bond donors (Lipinski definition) is 2. The van der Waals surface area contributed by atoms with Gasteiger partial charge in [0.15, 0.2) is 0 Å². The molecule has 1 aromatic rings. The lowest BCUT2D eigenvalue weighted by Crippen LogP contribution is -2.19. The van der Waals surface area contributed by atoms with Gasteiger partial charge in [0.05, 0.1) is 4.92 Å². The van der Waals surface area contributed by atoms with Gasteiger partial charge in [0, 0.05) is 24.3 Å². The third-order valence-corrected chi connectivity index (χ3v) is 2.24. The van der Waals surface area contributed by atoms with E-state index in [1.54, 1.807) is 12.1 Å². The minimum atomic E-state index is -0.560. The van der Waals surface area contributed by atoms with Crippen molar-refractivity contribution in [1.29, 1.82) is 5.26 Å². The van der Waals surface area contributed by atoms with E-state index in [9.17, 15) is 10.1 Å². The molecule has 0 spiro atoms. The van der Waals surface area contributed by atoms with Gasteiger partial charge in [-0.05, 0) is 25.5 Å². The molecule has 0 amide bonds. The predicted octanol–water partition coefficient (Wildman–Crippen LogP) is 1.62. The third kappa shape index (κ3) is 3.74. The zero-order valence-corrected chi connectivity index (χ0v) is 9.51. The van der Waals surface area contributed by atoms with Crippen LogP contribution in [-0.2, 0) is 0 Å². The molecule has 0 saturated heterocycles. The smallest absolute Gasteiger partial charge is 0.289 e. The largest absolute Gasteiger partial charge is 0.385 e. The number of nitriles is 1. The maximum absolute atomic E-state index is 10.7. The van der Waals surface area contributed by atoms with Crippen molar-refractivity contribution >= 4 is 11.4 Å². The fraction of sp³-hybridized carbons (Fsp3) is 0.364. The molecule has 0 aliphatic carbocycles. The average Bonchev–Trinajstić information content (AvgIpc) is 2.28. The molecule has 1 unspecified atom stereocenters. The highest BCUT2D eigenvalue weighted by Gasteiger charge is 2.13. The number of hydrogen-bond acceptors (Lipinski definition) is 5. The van der Waals surface area contributed by atoms with Crippen molar-refractivity contribution in [2.45, 2.75) is 19.4 Å². The lowest BCUT2D eigenvalue weighted by atomic mass is 10.1. The van der Waals surface area contributed by atoms with Crippen LogP contribution in [0.25, 0.3) is 0 Å². The number of rotatable bonds is 5. The summed E-state index contributed by atoms with van der Waals surface area (Å²) in [6.07, 6.45) is 0.772. The summed E-state index contributed by atoms with van der Waals surface area (Å²) in [6, 6.07) is 6.31. The highest BCUT2D eigenvalue weighted by molar-refractivity contribution is 5.59. The molecule has 1 rings (SSSR count). The molecule has 1 aromatic carbocycles. The van der Waals surface area contributed by atoms with Gasteiger partial charge in [-0.1, -0.05) is 0 Å². The molecule has 6 nitrogen and oxygen atoms in total. The fourth-order valence-corrected chi connectivity index (χ4v) is 1.33. The van der Waals surface area contributed by atoms with E-state index < -0.39 is 4.92 Å². The van der Waals surface area contributed by atoms with Gasteiger partial charge < -0.3 is 11.1 Å². The summed E-state index contributed by atoms with van der Waals surface area (Å²) >= 11 is 0. The molecule has 17 heavy (non-hydrogen) atoms. The fourth-order valence-electron chi connectivity index (χ4n) is 1.33. The Hall–Kier alpha value is -2.13.